The minimum absolute atomic E-state index is 0.313. The largest absolute Gasteiger partial charge is 0.424 e. The van der Waals surface area contributed by atoms with Crippen LogP contribution in [0, 0.1) is 6.92 Å². The zero-order chi connectivity index (χ0) is 12.0. The number of hydrogen-bond acceptors (Lipinski definition) is 4. The Bertz CT molecular complexity index is 642. The number of fused-ring (bicyclic) bond motifs is 3. The molecule has 0 spiro atoms. The van der Waals surface area contributed by atoms with E-state index in [0.29, 0.717) is 15.9 Å². The van der Waals surface area contributed by atoms with Crippen molar-refractivity contribution in [2.45, 2.75) is 39.0 Å². The van der Waals surface area contributed by atoms with E-state index < -0.39 is 0 Å². The highest BCUT2D eigenvalue weighted by Crippen LogP contribution is 2.32. The number of nitrogens with zero attached hydrogens (tertiary/aromatic N) is 2. The van der Waals surface area contributed by atoms with Crippen LogP contribution in [0.25, 0.3) is 10.2 Å². The molecular formula is C12H14N2O2S. The lowest BCUT2D eigenvalue weighted by Gasteiger charge is -2.01. The molecule has 2 aromatic rings. The maximum absolute atomic E-state index is 12.1. The Morgan fingerprint density at radius 1 is 1.29 bits per heavy atom. The molecule has 2 heterocycles. The SMILES string of the molecule is Cc1nc2sc3c(c2c(=O)n1O)CCCCC3. The fourth-order valence-electron chi connectivity index (χ4n) is 2.47. The number of rotatable bonds is 0. The topological polar surface area (TPSA) is 55.1 Å². The molecular weight excluding hydrogens is 236 g/mol. The Balaban J connectivity index is 2.38. The van der Waals surface area contributed by atoms with Gasteiger partial charge in [0.2, 0.25) is 0 Å². The van der Waals surface area contributed by atoms with Crippen molar-refractivity contribution in [3.8, 4) is 0 Å². The van der Waals surface area contributed by atoms with Gasteiger partial charge in [-0.1, -0.05) is 6.42 Å². The van der Waals surface area contributed by atoms with Crippen LogP contribution in [0.3, 0.4) is 0 Å². The van der Waals surface area contributed by atoms with Gasteiger partial charge in [-0.25, -0.2) is 4.98 Å². The van der Waals surface area contributed by atoms with Crippen LogP contribution in [-0.2, 0) is 12.8 Å². The minimum Gasteiger partial charge on any atom is -0.424 e. The molecule has 0 saturated carbocycles. The summed E-state index contributed by atoms with van der Waals surface area (Å²) in [6.45, 7) is 1.64. The van der Waals surface area contributed by atoms with Crippen LogP contribution in [-0.4, -0.2) is 14.9 Å². The van der Waals surface area contributed by atoms with E-state index in [4.69, 9.17) is 0 Å². The summed E-state index contributed by atoms with van der Waals surface area (Å²) in [5.74, 6) is 0.360. The third kappa shape index (κ3) is 1.57. The van der Waals surface area contributed by atoms with Gasteiger partial charge in [-0.15, -0.1) is 16.1 Å². The Morgan fingerprint density at radius 2 is 2.06 bits per heavy atom. The summed E-state index contributed by atoms with van der Waals surface area (Å²) in [6.07, 6.45) is 5.51. The molecule has 4 nitrogen and oxygen atoms in total. The summed E-state index contributed by atoms with van der Waals surface area (Å²) in [5, 5.41) is 10.3. The number of aryl methyl sites for hydroxylation is 3. The molecule has 0 unspecified atom stereocenters. The van der Waals surface area contributed by atoms with Crippen molar-refractivity contribution in [1.29, 1.82) is 0 Å². The maximum atomic E-state index is 12.1. The third-order valence-electron chi connectivity index (χ3n) is 3.38. The molecule has 3 rings (SSSR count). The molecule has 1 N–H and O–H groups in total. The lowest BCUT2D eigenvalue weighted by Crippen LogP contribution is -2.21. The molecule has 0 bridgehead atoms. The summed E-state index contributed by atoms with van der Waals surface area (Å²) in [5.41, 5.74) is 0.815. The van der Waals surface area contributed by atoms with Crippen LogP contribution in [0.5, 0.6) is 0 Å². The second kappa shape index (κ2) is 3.84. The molecule has 5 heteroatoms. The van der Waals surface area contributed by atoms with E-state index >= 15 is 0 Å². The Morgan fingerprint density at radius 3 is 2.88 bits per heavy atom. The van der Waals surface area contributed by atoms with Crippen LogP contribution in [0.15, 0.2) is 4.79 Å². The molecule has 1 aliphatic carbocycles. The first kappa shape index (κ1) is 10.8. The van der Waals surface area contributed by atoms with Crippen molar-refractivity contribution in [3.63, 3.8) is 0 Å². The van der Waals surface area contributed by atoms with E-state index in [0.717, 1.165) is 29.7 Å². The van der Waals surface area contributed by atoms with Gasteiger partial charge < -0.3 is 5.21 Å². The van der Waals surface area contributed by atoms with Gasteiger partial charge in [0.25, 0.3) is 5.56 Å². The van der Waals surface area contributed by atoms with Gasteiger partial charge in [0.15, 0.2) is 0 Å². The molecule has 0 aromatic carbocycles. The summed E-state index contributed by atoms with van der Waals surface area (Å²) in [7, 11) is 0. The van der Waals surface area contributed by atoms with Crippen molar-refractivity contribution >= 4 is 21.6 Å². The second-order valence-electron chi connectivity index (χ2n) is 4.52. The zero-order valence-corrected chi connectivity index (χ0v) is 10.5. The first-order valence-electron chi connectivity index (χ1n) is 5.91. The van der Waals surface area contributed by atoms with Crippen molar-refractivity contribution in [2.75, 3.05) is 0 Å². The average Bonchev–Trinajstić information content (AvgIpc) is 2.49. The van der Waals surface area contributed by atoms with E-state index in [1.54, 1.807) is 18.3 Å². The van der Waals surface area contributed by atoms with Gasteiger partial charge in [0.05, 0.1) is 5.39 Å². The van der Waals surface area contributed by atoms with E-state index in [9.17, 15) is 10.0 Å². The lowest BCUT2D eigenvalue weighted by molar-refractivity contribution is 0.166. The molecule has 0 radical (unpaired) electrons. The first-order chi connectivity index (χ1) is 8.18. The van der Waals surface area contributed by atoms with Crippen LogP contribution >= 0.6 is 11.3 Å². The quantitative estimate of drug-likeness (QED) is 0.576. The predicted octanol–water partition coefficient (Wildman–Crippen LogP) is 2.27. The number of hydrogen-bond donors (Lipinski definition) is 1. The fourth-order valence-corrected chi connectivity index (χ4v) is 3.77. The monoisotopic (exact) mass is 250 g/mol. The van der Waals surface area contributed by atoms with Crippen LogP contribution < -0.4 is 5.56 Å². The number of thiophene rings is 1. The normalized spacial score (nSPS) is 15.8. The Kier molecular flexibility index (Phi) is 2.43. The van der Waals surface area contributed by atoms with Gasteiger partial charge in [-0.2, -0.15) is 0 Å². The van der Waals surface area contributed by atoms with Crippen molar-refractivity contribution < 1.29 is 5.21 Å². The summed E-state index contributed by atoms with van der Waals surface area (Å²) in [6, 6.07) is 0. The first-order valence-corrected chi connectivity index (χ1v) is 6.73. The summed E-state index contributed by atoms with van der Waals surface area (Å²) < 4.78 is 0.667. The molecule has 0 atom stereocenters. The van der Waals surface area contributed by atoms with E-state index in [1.165, 1.54) is 17.7 Å². The Labute approximate surface area is 102 Å². The van der Waals surface area contributed by atoms with Gasteiger partial charge >= 0.3 is 0 Å². The van der Waals surface area contributed by atoms with Crippen LogP contribution in [0.4, 0.5) is 0 Å². The maximum Gasteiger partial charge on any atom is 0.295 e. The standard InChI is InChI=1S/C12H14N2O2S/c1-7-13-11-10(12(15)14(7)16)8-5-3-2-4-6-9(8)17-11/h16H,2-6H2,1H3. The van der Waals surface area contributed by atoms with E-state index in [1.807, 2.05) is 0 Å². The molecule has 0 fully saturated rings. The molecule has 0 amide bonds. The van der Waals surface area contributed by atoms with Crippen molar-refractivity contribution in [2.24, 2.45) is 0 Å². The highest BCUT2D eigenvalue weighted by molar-refractivity contribution is 7.18. The van der Waals surface area contributed by atoms with E-state index in [2.05, 4.69) is 4.98 Å². The lowest BCUT2D eigenvalue weighted by atomic mass is 10.1. The van der Waals surface area contributed by atoms with Gasteiger partial charge in [-0.3, -0.25) is 4.79 Å². The number of aromatic nitrogens is 2. The van der Waals surface area contributed by atoms with Gasteiger partial charge in [-0.05, 0) is 38.2 Å². The Hall–Kier alpha value is -1.36. The van der Waals surface area contributed by atoms with Gasteiger partial charge in [0.1, 0.15) is 10.7 Å². The molecule has 0 aliphatic heterocycles. The van der Waals surface area contributed by atoms with E-state index in [-0.39, 0.29) is 5.56 Å². The van der Waals surface area contributed by atoms with Crippen LogP contribution in [0.1, 0.15) is 35.5 Å². The smallest absolute Gasteiger partial charge is 0.295 e. The summed E-state index contributed by atoms with van der Waals surface area (Å²) in [4.78, 5) is 18.4. The second-order valence-corrected chi connectivity index (χ2v) is 5.60. The molecule has 0 saturated heterocycles. The predicted molar refractivity (Wildman–Crippen MR) is 67.1 cm³/mol. The third-order valence-corrected chi connectivity index (χ3v) is 4.56. The van der Waals surface area contributed by atoms with Crippen molar-refractivity contribution in [3.05, 3.63) is 26.6 Å². The zero-order valence-electron chi connectivity index (χ0n) is 9.69. The highest BCUT2D eigenvalue weighted by atomic mass is 32.1. The highest BCUT2D eigenvalue weighted by Gasteiger charge is 2.19. The average molecular weight is 250 g/mol. The van der Waals surface area contributed by atoms with Crippen LogP contribution in [0.2, 0.25) is 0 Å². The minimum atomic E-state index is -0.313. The molecule has 17 heavy (non-hydrogen) atoms. The molecule has 1 aliphatic rings. The summed E-state index contributed by atoms with van der Waals surface area (Å²) >= 11 is 1.61. The molecule has 2 aromatic heterocycles. The van der Waals surface area contributed by atoms with Gasteiger partial charge in [0, 0.05) is 4.88 Å². The van der Waals surface area contributed by atoms with Crippen molar-refractivity contribution in [1.82, 2.24) is 9.71 Å². The fraction of sp³-hybridized carbons (Fsp3) is 0.500. The molecule has 90 valence electrons.